The second-order valence-electron chi connectivity index (χ2n) is 7.06. The first-order chi connectivity index (χ1) is 10.8. The van der Waals surface area contributed by atoms with Gasteiger partial charge in [-0.3, -0.25) is 0 Å². The SMILES string of the molecule is CC(C)(c1ccccc1)C(C1CCCO1)C1(Cl)OCCC1(Cl)Cl.[Ta]. The molecule has 24 heavy (non-hydrogen) atoms. The number of halogens is 3. The molecule has 0 spiro atoms. The Labute approximate surface area is 175 Å². The summed E-state index contributed by atoms with van der Waals surface area (Å²) in [6.45, 7) is 5.55. The van der Waals surface area contributed by atoms with Crippen molar-refractivity contribution < 1.29 is 31.9 Å². The first-order valence-electron chi connectivity index (χ1n) is 8.17. The Morgan fingerprint density at radius 2 is 1.79 bits per heavy atom. The fraction of sp³-hybridized carbons (Fsp3) is 0.667. The Kier molecular flexibility index (Phi) is 6.83. The quantitative estimate of drug-likeness (QED) is 0.468. The molecule has 0 N–H and O–H groups in total. The van der Waals surface area contributed by atoms with Gasteiger partial charge in [-0.05, 0) is 23.8 Å². The predicted molar refractivity (Wildman–Crippen MR) is 95.5 cm³/mol. The van der Waals surface area contributed by atoms with E-state index in [1.807, 2.05) is 18.2 Å². The number of hydrogen-bond acceptors (Lipinski definition) is 2. The van der Waals surface area contributed by atoms with Crippen molar-refractivity contribution in [3.63, 3.8) is 0 Å². The van der Waals surface area contributed by atoms with Crippen LogP contribution in [0.15, 0.2) is 30.3 Å². The molecular formula is C18H23Cl3O2Ta. The van der Waals surface area contributed by atoms with Gasteiger partial charge in [-0.2, -0.15) is 0 Å². The smallest absolute Gasteiger partial charge is 0.180 e. The normalized spacial score (nSPS) is 30.8. The Hall–Kier alpha value is 0.750. The van der Waals surface area contributed by atoms with E-state index in [1.165, 1.54) is 5.56 Å². The van der Waals surface area contributed by atoms with Crippen molar-refractivity contribution in [2.75, 3.05) is 13.2 Å². The van der Waals surface area contributed by atoms with E-state index >= 15 is 0 Å². The Balaban J connectivity index is 0.00000208. The van der Waals surface area contributed by atoms with Crippen molar-refractivity contribution in [2.45, 2.75) is 54.0 Å². The minimum Gasteiger partial charge on any atom is -0.378 e. The molecule has 2 fully saturated rings. The van der Waals surface area contributed by atoms with E-state index in [1.54, 1.807) is 0 Å². The van der Waals surface area contributed by atoms with E-state index in [0.717, 1.165) is 19.4 Å². The number of rotatable bonds is 4. The van der Waals surface area contributed by atoms with Gasteiger partial charge in [-0.15, -0.1) is 0 Å². The van der Waals surface area contributed by atoms with Crippen LogP contribution in [0.1, 0.15) is 38.7 Å². The van der Waals surface area contributed by atoms with Crippen molar-refractivity contribution >= 4 is 34.8 Å². The maximum absolute atomic E-state index is 6.98. The standard InChI is InChI=1S/C18H23Cl3O2.Ta/c1-16(2,13-7-4-3-5-8-13)15(14-9-6-11-22-14)18(21)17(19,20)10-12-23-18;/h3-5,7-8,14-15H,6,9-12H2,1-2H3;. The zero-order valence-electron chi connectivity index (χ0n) is 14.0. The fourth-order valence-corrected chi connectivity index (χ4v) is 5.09. The summed E-state index contributed by atoms with van der Waals surface area (Å²) in [4.78, 5) is 0. The van der Waals surface area contributed by atoms with Crippen LogP contribution < -0.4 is 0 Å². The van der Waals surface area contributed by atoms with Crippen LogP contribution in [0.5, 0.6) is 0 Å². The molecule has 0 aromatic heterocycles. The zero-order chi connectivity index (χ0) is 16.7. The van der Waals surface area contributed by atoms with Crippen molar-refractivity contribution in [3.8, 4) is 0 Å². The topological polar surface area (TPSA) is 18.5 Å². The van der Waals surface area contributed by atoms with Crippen LogP contribution in [0, 0.1) is 5.92 Å². The summed E-state index contributed by atoms with van der Waals surface area (Å²) in [6, 6.07) is 10.3. The fourth-order valence-electron chi connectivity index (χ4n) is 4.00. The van der Waals surface area contributed by atoms with Crippen LogP contribution in [0.3, 0.4) is 0 Å². The molecule has 133 valence electrons. The third kappa shape index (κ3) is 3.59. The minimum atomic E-state index is -1.16. The summed E-state index contributed by atoms with van der Waals surface area (Å²) in [7, 11) is 0. The monoisotopic (exact) mass is 557 g/mol. The molecular weight excluding hydrogens is 536 g/mol. The van der Waals surface area contributed by atoms with Gasteiger partial charge in [0.15, 0.2) is 9.39 Å². The molecule has 0 saturated carbocycles. The third-order valence-electron chi connectivity index (χ3n) is 5.26. The minimum absolute atomic E-state index is 0. The van der Waals surface area contributed by atoms with Gasteiger partial charge in [-0.1, -0.05) is 79.0 Å². The van der Waals surface area contributed by atoms with E-state index in [9.17, 15) is 0 Å². The van der Waals surface area contributed by atoms with Gasteiger partial charge in [0.25, 0.3) is 0 Å². The first kappa shape index (κ1) is 21.1. The number of alkyl halides is 3. The van der Waals surface area contributed by atoms with Crippen molar-refractivity contribution in [3.05, 3.63) is 35.9 Å². The van der Waals surface area contributed by atoms with E-state index < -0.39 is 9.39 Å². The third-order valence-corrected chi connectivity index (χ3v) is 7.06. The summed E-state index contributed by atoms with van der Waals surface area (Å²) in [5.74, 6) is -0.154. The summed E-state index contributed by atoms with van der Waals surface area (Å²) < 4.78 is 10.8. The van der Waals surface area contributed by atoms with Crippen LogP contribution in [0.2, 0.25) is 0 Å². The molecule has 0 aliphatic carbocycles. The molecule has 2 nitrogen and oxygen atoms in total. The van der Waals surface area contributed by atoms with Crippen LogP contribution >= 0.6 is 34.8 Å². The van der Waals surface area contributed by atoms with E-state index in [-0.39, 0.29) is 39.8 Å². The van der Waals surface area contributed by atoms with E-state index in [4.69, 9.17) is 44.3 Å². The van der Waals surface area contributed by atoms with Crippen molar-refractivity contribution in [1.82, 2.24) is 0 Å². The van der Waals surface area contributed by atoms with Gasteiger partial charge in [0.05, 0.1) is 12.7 Å². The van der Waals surface area contributed by atoms with Crippen LogP contribution in [-0.4, -0.2) is 28.7 Å². The van der Waals surface area contributed by atoms with Crippen molar-refractivity contribution in [2.24, 2.45) is 5.92 Å². The maximum Gasteiger partial charge on any atom is 0.180 e. The Bertz CT molecular complexity index is 546. The molecule has 1 radical (unpaired) electrons. The molecule has 2 aliphatic heterocycles. The van der Waals surface area contributed by atoms with Crippen LogP contribution in [-0.2, 0) is 37.3 Å². The van der Waals surface area contributed by atoms with Crippen LogP contribution in [0.4, 0.5) is 0 Å². The van der Waals surface area contributed by atoms with Gasteiger partial charge < -0.3 is 9.47 Å². The van der Waals surface area contributed by atoms with Gasteiger partial charge in [0.1, 0.15) is 0 Å². The summed E-state index contributed by atoms with van der Waals surface area (Å²) in [5, 5.41) is -1.16. The second-order valence-corrected chi connectivity index (χ2v) is 9.11. The molecule has 6 heteroatoms. The number of ether oxygens (including phenoxy) is 2. The summed E-state index contributed by atoms with van der Waals surface area (Å²) in [6.07, 6.45) is 2.48. The Morgan fingerprint density at radius 1 is 1.12 bits per heavy atom. The summed E-state index contributed by atoms with van der Waals surface area (Å²) in [5.41, 5.74) is 0.886. The number of hydrogen-bond donors (Lipinski definition) is 0. The van der Waals surface area contributed by atoms with Crippen molar-refractivity contribution in [1.29, 1.82) is 0 Å². The molecule has 0 bridgehead atoms. The van der Waals surface area contributed by atoms with E-state index in [0.29, 0.717) is 13.0 Å². The largest absolute Gasteiger partial charge is 0.378 e. The average Bonchev–Trinajstić information content (AvgIpc) is 3.09. The zero-order valence-corrected chi connectivity index (χ0v) is 19.5. The van der Waals surface area contributed by atoms with E-state index in [2.05, 4.69) is 26.0 Å². The summed E-state index contributed by atoms with van der Waals surface area (Å²) >= 11 is 20.2. The average molecular weight is 559 g/mol. The van der Waals surface area contributed by atoms with Gasteiger partial charge in [-0.25, -0.2) is 0 Å². The molecule has 2 aliphatic rings. The van der Waals surface area contributed by atoms with Gasteiger partial charge in [0, 0.05) is 41.3 Å². The molecule has 2 saturated heterocycles. The van der Waals surface area contributed by atoms with Gasteiger partial charge in [0.2, 0.25) is 0 Å². The number of benzene rings is 1. The molecule has 2 heterocycles. The molecule has 3 rings (SSSR count). The second kappa shape index (κ2) is 7.78. The van der Waals surface area contributed by atoms with Crippen LogP contribution in [0.25, 0.3) is 0 Å². The van der Waals surface area contributed by atoms with Gasteiger partial charge >= 0.3 is 0 Å². The Morgan fingerprint density at radius 3 is 2.29 bits per heavy atom. The first-order valence-corrected chi connectivity index (χ1v) is 9.30. The molecule has 3 atom stereocenters. The molecule has 3 unspecified atom stereocenters. The maximum atomic E-state index is 6.98. The predicted octanol–water partition coefficient (Wildman–Crippen LogP) is 5.29. The molecule has 1 aromatic rings. The molecule has 0 amide bonds. The molecule has 1 aromatic carbocycles.